The lowest BCUT2D eigenvalue weighted by molar-refractivity contribution is -0.130. The van der Waals surface area contributed by atoms with Gasteiger partial charge in [-0.1, -0.05) is 12.1 Å². The molecular formula is C11H12N2O2. The van der Waals surface area contributed by atoms with E-state index in [4.69, 9.17) is 0 Å². The number of hydrogen-bond acceptors (Lipinski definition) is 3. The van der Waals surface area contributed by atoms with Gasteiger partial charge in [0.05, 0.1) is 13.1 Å². The first-order valence-corrected chi connectivity index (χ1v) is 4.79. The summed E-state index contributed by atoms with van der Waals surface area (Å²) in [5.41, 5.74) is 2.03. The third-order valence-electron chi connectivity index (χ3n) is 2.31. The van der Waals surface area contributed by atoms with Crippen LogP contribution in [0.5, 0.6) is 0 Å². The molecule has 1 aliphatic rings. The Labute approximate surface area is 87.9 Å². The molecule has 1 aromatic carbocycles. The van der Waals surface area contributed by atoms with Crippen LogP contribution in [0.3, 0.4) is 0 Å². The third kappa shape index (κ3) is 2.15. The first-order valence-electron chi connectivity index (χ1n) is 4.79. The molecule has 2 rings (SSSR count). The van der Waals surface area contributed by atoms with Crippen molar-refractivity contribution in [1.29, 1.82) is 0 Å². The molecule has 2 amide bonds. The highest BCUT2D eigenvalue weighted by Gasteiger charge is 2.22. The summed E-state index contributed by atoms with van der Waals surface area (Å²) in [6.45, 7) is 2.47. The maximum absolute atomic E-state index is 11.2. The van der Waals surface area contributed by atoms with E-state index < -0.39 is 0 Å². The van der Waals surface area contributed by atoms with Crippen LogP contribution < -0.4 is 10.2 Å². The number of amides is 2. The van der Waals surface area contributed by atoms with Gasteiger partial charge >= 0.3 is 0 Å². The number of aryl methyl sites for hydroxylation is 1. The molecule has 0 spiro atoms. The Morgan fingerprint density at radius 2 is 1.87 bits per heavy atom. The normalized spacial score (nSPS) is 16.5. The molecule has 4 heteroatoms. The predicted octanol–water partition coefficient (Wildman–Crippen LogP) is 0.458. The quantitative estimate of drug-likeness (QED) is 0.676. The van der Waals surface area contributed by atoms with Crippen LogP contribution in [0, 0.1) is 6.92 Å². The number of anilines is 1. The van der Waals surface area contributed by atoms with Crippen molar-refractivity contribution in [2.24, 2.45) is 0 Å². The van der Waals surface area contributed by atoms with Crippen molar-refractivity contribution in [3.8, 4) is 0 Å². The SMILES string of the molecule is Cc1cccc(N2CC(=O)NC(=O)C2)c1. The van der Waals surface area contributed by atoms with Crippen LogP contribution in [0.25, 0.3) is 0 Å². The maximum atomic E-state index is 11.2. The second kappa shape index (κ2) is 3.73. The second-order valence-electron chi connectivity index (χ2n) is 3.67. The Kier molecular flexibility index (Phi) is 2.41. The topological polar surface area (TPSA) is 49.4 Å². The summed E-state index contributed by atoms with van der Waals surface area (Å²) in [5.74, 6) is -0.486. The summed E-state index contributed by atoms with van der Waals surface area (Å²) in [6, 6.07) is 7.77. The van der Waals surface area contributed by atoms with Crippen molar-refractivity contribution < 1.29 is 9.59 Å². The van der Waals surface area contributed by atoms with Crippen molar-refractivity contribution in [2.45, 2.75) is 6.92 Å². The molecular weight excluding hydrogens is 192 g/mol. The first-order chi connectivity index (χ1) is 7.15. The van der Waals surface area contributed by atoms with E-state index in [-0.39, 0.29) is 24.9 Å². The van der Waals surface area contributed by atoms with Crippen LogP contribution in [-0.2, 0) is 9.59 Å². The van der Waals surface area contributed by atoms with E-state index in [0.29, 0.717) is 0 Å². The Balaban J connectivity index is 2.23. The van der Waals surface area contributed by atoms with Crippen LogP contribution >= 0.6 is 0 Å². The Bertz CT molecular complexity index is 399. The average molecular weight is 204 g/mol. The Morgan fingerprint density at radius 1 is 1.20 bits per heavy atom. The highest BCUT2D eigenvalue weighted by Crippen LogP contribution is 2.16. The summed E-state index contributed by atoms with van der Waals surface area (Å²) in [7, 11) is 0. The molecule has 1 aliphatic heterocycles. The minimum atomic E-state index is -0.243. The van der Waals surface area contributed by atoms with Crippen LogP contribution in [0.1, 0.15) is 5.56 Å². The summed E-state index contributed by atoms with van der Waals surface area (Å²) < 4.78 is 0. The van der Waals surface area contributed by atoms with E-state index in [2.05, 4.69) is 5.32 Å². The molecule has 4 nitrogen and oxygen atoms in total. The van der Waals surface area contributed by atoms with Gasteiger partial charge in [0.15, 0.2) is 0 Å². The summed E-state index contributed by atoms with van der Waals surface area (Å²) in [6.07, 6.45) is 0. The largest absolute Gasteiger partial charge is 0.353 e. The molecule has 15 heavy (non-hydrogen) atoms. The molecule has 1 saturated heterocycles. The Morgan fingerprint density at radius 3 is 2.47 bits per heavy atom. The predicted molar refractivity (Wildman–Crippen MR) is 56.5 cm³/mol. The molecule has 1 fully saturated rings. The molecule has 0 bridgehead atoms. The van der Waals surface area contributed by atoms with Gasteiger partial charge in [0.1, 0.15) is 0 Å². The Hall–Kier alpha value is -1.84. The smallest absolute Gasteiger partial charge is 0.246 e. The molecule has 0 unspecified atom stereocenters. The van der Waals surface area contributed by atoms with Gasteiger partial charge in [-0.2, -0.15) is 0 Å². The number of hydrogen-bond donors (Lipinski definition) is 1. The van der Waals surface area contributed by atoms with Gasteiger partial charge in [-0.05, 0) is 24.6 Å². The molecule has 1 heterocycles. The fourth-order valence-corrected chi connectivity index (χ4v) is 1.64. The van der Waals surface area contributed by atoms with Gasteiger partial charge in [-0.3, -0.25) is 14.9 Å². The molecule has 0 aromatic heterocycles. The standard InChI is InChI=1S/C11H12N2O2/c1-8-3-2-4-9(5-8)13-6-10(14)12-11(15)7-13/h2-5H,6-7H2,1H3,(H,12,14,15). The van der Waals surface area contributed by atoms with Crippen molar-refractivity contribution in [1.82, 2.24) is 5.32 Å². The highest BCUT2D eigenvalue weighted by atomic mass is 16.2. The molecule has 0 saturated carbocycles. The van der Waals surface area contributed by atoms with Crippen LogP contribution in [0.15, 0.2) is 24.3 Å². The molecule has 0 radical (unpaired) electrons. The zero-order valence-corrected chi connectivity index (χ0v) is 8.49. The molecule has 1 N–H and O–H groups in total. The van der Waals surface area contributed by atoms with Gasteiger partial charge in [0.2, 0.25) is 11.8 Å². The van der Waals surface area contributed by atoms with Crippen LogP contribution in [-0.4, -0.2) is 24.9 Å². The fourth-order valence-electron chi connectivity index (χ4n) is 1.64. The van der Waals surface area contributed by atoms with E-state index in [0.717, 1.165) is 11.3 Å². The number of imide groups is 1. The van der Waals surface area contributed by atoms with E-state index in [1.165, 1.54) is 0 Å². The second-order valence-corrected chi connectivity index (χ2v) is 3.67. The van der Waals surface area contributed by atoms with Crippen molar-refractivity contribution in [3.05, 3.63) is 29.8 Å². The number of carbonyl (C=O) groups is 2. The van der Waals surface area contributed by atoms with Gasteiger partial charge in [0.25, 0.3) is 0 Å². The summed E-state index contributed by atoms with van der Waals surface area (Å²) in [5, 5.41) is 2.27. The number of benzene rings is 1. The number of nitrogens with zero attached hydrogens (tertiary/aromatic N) is 1. The fraction of sp³-hybridized carbons (Fsp3) is 0.273. The summed E-state index contributed by atoms with van der Waals surface area (Å²) in [4.78, 5) is 24.1. The van der Waals surface area contributed by atoms with Crippen molar-refractivity contribution >= 4 is 17.5 Å². The number of carbonyl (C=O) groups excluding carboxylic acids is 2. The van der Waals surface area contributed by atoms with Gasteiger partial charge in [-0.15, -0.1) is 0 Å². The lowest BCUT2D eigenvalue weighted by atomic mass is 10.2. The molecule has 0 aliphatic carbocycles. The monoisotopic (exact) mass is 204 g/mol. The van der Waals surface area contributed by atoms with Crippen molar-refractivity contribution in [3.63, 3.8) is 0 Å². The molecule has 0 atom stereocenters. The lowest BCUT2D eigenvalue weighted by Crippen LogP contribution is -2.51. The van der Waals surface area contributed by atoms with E-state index in [9.17, 15) is 9.59 Å². The van der Waals surface area contributed by atoms with Crippen LogP contribution in [0.4, 0.5) is 5.69 Å². The maximum Gasteiger partial charge on any atom is 0.246 e. The first kappa shape index (κ1) is 9.71. The van der Waals surface area contributed by atoms with E-state index >= 15 is 0 Å². The average Bonchev–Trinajstić information content (AvgIpc) is 2.16. The third-order valence-corrected chi connectivity index (χ3v) is 2.31. The number of rotatable bonds is 1. The van der Waals surface area contributed by atoms with Crippen molar-refractivity contribution in [2.75, 3.05) is 18.0 Å². The van der Waals surface area contributed by atoms with Gasteiger partial charge < -0.3 is 4.90 Å². The number of nitrogens with one attached hydrogen (secondary N) is 1. The zero-order chi connectivity index (χ0) is 10.8. The van der Waals surface area contributed by atoms with Gasteiger partial charge in [-0.25, -0.2) is 0 Å². The van der Waals surface area contributed by atoms with E-state index in [1.54, 1.807) is 4.90 Å². The lowest BCUT2D eigenvalue weighted by Gasteiger charge is -2.27. The minimum absolute atomic E-state index is 0.243. The van der Waals surface area contributed by atoms with Crippen LogP contribution in [0.2, 0.25) is 0 Å². The van der Waals surface area contributed by atoms with E-state index in [1.807, 2.05) is 31.2 Å². The zero-order valence-electron chi connectivity index (χ0n) is 8.49. The minimum Gasteiger partial charge on any atom is -0.353 e. The molecule has 78 valence electrons. The highest BCUT2D eigenvalue weighted by molar-refractivity contribution is 6.02. The number of piperazine rings is 1. The van der Waals surface area contributed by atoms with Gasteiger partial charge in [0, 0.05) is 5.69 Å². The molecule has 1 aromatic rings. The summed E-state index contributed by atoms with van der Waals surface area (Å²) >= 11 is 0.